The standard InChI is InChI=1S/C13H16Cl2N2O/c1-3-4-5-13(18)17-16-9(2)10-6-7-11(14)12(15)8-10/h6-8H,3-5H2,1-2H3,(H,17,18)/b16-9+. The van der Waals surface area contributed by atoms with Crippen molar-refractivity contribution >= 4 is 34.8 Å². The summed E-state index contributed by atoms with van der Waals surface area (Å²) in [6, 6.07) is 5.24. The zero-order valence-corrected chi connectivity index (χ0v) is 12.0. The van der Waals surface area contributed by atoms with E-state index in [2.05, 4.69) is 10.5 Å². The second-order valence-electron chi connectivity index (χ2n) is 3.96. The number of nitrogens with one attached hydrogen (secondary N) is 1. The number of carbonyl (C=O) groups is 1. The summed E-state index contributed by atoms with van der Waals surface area (Å²) in [6.45, 7) is 3.84. The molecule has 0 aliphatic heterocycles. The molecule has 98 valence electrons. The summed E-state index contributed by atoms with van der Waals surface area (Å²) in [7, 11) is 0. The summed E-state index contributed by atoms with van der Waals surface area (Å²) in [4.78, 5) is 11.4. The first-order valence-electron chi connectivity index (χ1n) is 5.83. The van der Waals surface area contributed by atoms with Gasteiger partial charge in [0.05, 0.1) is 15.8 Å². The molecular formula is C13H16Cl2N2O. The van der Waals surface area contributed by atoms with Crippen molar-refractivity contribution in [3.63, 3.8) is 0 Å². The van der Waals surface area contributed by atoms with Crippen molar-refractivity contribution in [1.82, 2.24) is 5.43 Å². The Balaban J connectivity index is 2.65. The average molecular weight is 287 g/mol. The molecule has 0 atom stereocenters. The van der Waals surface area contributed by atoms with E-state index in [1.165, 1.54) is 0 Å². The predicted molar refractivity (Wildman–Crippen MR) is 76.3 cm³/mol. The third-order valence-corrected chi connectivity index (χ3v) is 3.18. The first kappa shape index (κ1) is 15.0. The van der Waals surface area contributed by atoms with Gasteiger partial charge in [0.25, 0.3) is 0 Å². The number of rotatable bonds is 5. The van der Waals surface area contributed by atoms with Crippen LogP contribution in [0.25, 0.3) is 0 Å². The predicted octanol–water partition coefficient (Wildman–Crippen LogP) is 4.02. The number of hydrazone groups is 1. The molecule has 18 heavy (non-hydrogen) atoms. The number of unbranched alkanes of at least 4 members (excludes halogenated alkanes) is 1. The minimum absolute atomic E-state index is 0.0729. The maximum atomic E-state index is 11.4. The van der Waals surface area contributed by atoms with Crippen LogP contribution in [-0.2, 0) is 4.79 Å². The van der Waals surface area contributed by atoms with E-state index < -0.39 is 0 Å². The first-order valence-corrected chi connectivity index (χ1v) is 6.58. The van der Waals surface area contributed by atoms with Crippen molar-refractivity contribution in [3.05, 3.63) is 33.8 Å². The quantitative estimate of drug-likeness (QED) is 0.645. The Morgan fingerprint density at radius 1 is 1.33 bits per heavy atom. The van der Waals surface area contributed by atoms with Crippen LogP contribution in [-0.4, -0.2) is 11.6 Å². The van der Waals surface area contributed by atoms with Crippen LogP contribution in [0.2, 0.25) is 10.0 Å². The van der Waals surface area contributed by atoms with E-state index in [1.54, 1.807) is 19.1 Å². The molecule has 1 N–H and O–H groups in total. The Morgan fingerprint density at radius 2 is 2.06 bits per heavy atom. The van der Waals surface area contributed by atoms with Crippen molar-refractivity contribution in [2.24, 2.45) is 5.10 Å². The average Bonchev–Trinajstić information content (AvgIpc) is 2.36. The van der Waals surface area contributed by atoms with Gasteiger partial charge in [-0.1, -0.05) is 42.6 Å². The lowest BCUT2D eigenvalue weighted by atomic mass is 10.1. The molecule has 0 spiro atoms. The second-order valence-corrected chi connectivity index (χ2v) is 4.78. The van der Waals surface area contributed by atoms with Crippen LogP contribution < -0.4 is 5.43 Å². The molecule has 5 heteroatoms. The van der Waals surface area contributed by atoms with Crippen LogP contribution in [0, 0.1) is 0 Å². The van der Waals surface area contributed by atoms with Crippen LogP contribution in [0.4, 0.5) is 0 Å². The minimum Gasteiger partial charge on any atom is -0.273 e. The number of nitrogens with zero attached hydrogens (tertiary/aromatic N) is 1. The van der Waals surface area contributed by atoms with E-state index in [4.69, 9.17) is 23.2 Å². The molecule has 0 heterocycles. The molecule has 3 nitrogen and oxygen atoms in total. The van der Waals surface area contributed by atoms with E-state index in [-0.39, 0.29) is 5.91 Å². The van der Waals surface area contributed by atoms with Gasteiger partial charge in [-0.25, -0.2) is 5.43 Å². The molecule has 0 saturated heterocycles. The summed E-state index contributed by atoms with van der Waals surface area (Å²) >= 11 is 11.7. The molecule has 0 aliphatic rings. The molecule has 1 aromatic rings. The largest absolute Gasteiger partial charge is 0.273 e. The van der Waals surface area contributed by atoms with Gasteiger partial charge in [-0.3, -0.25) is 4.79 Å². The van der Waals surface area contributed by atoms with Crippen molar-refractivity contribution < 1.29 is 4.79 Å². The molecule has 1 amide bonds. The lowest BCUT2D eigenvalue weighted by Gasteiger charge is -2.04. The highest BCUT2D eigenvalue weighted by molar-refractivity contribution is 6.42. The second kappa shape index (κ2) is 7.39. The molecular weight excluding hydrogens is 271 g/mol. The Labute approximate surface area is 117 Å². The SMILES string of the molecule is CCCCC(=O)N/N=C(\C)c1ccc(Cl)c(Cl)c1. The third kappa shape index (κ3) is 4.67. The minimum atomic E-state index is -0.0729. The van der Waals surface area contributed by atoms with Crippen molar-refractivity contribution in [3.8, 4) is 0 Å². The number of amides is 1. The zero-order chi connectivity index (χ0) is 13.5. The maximum Gasteiger partial charge on any atom is 0.240 e. The van der Waals surface area contributed by atoms with Crippen LogP contribution in [0.1, 0.15) is 38.7 Å². The monoisotopic (exact) mass is 286 g/mol. The Hall–Kier alpha value is -1.06. The van der Waals surface area contributed by atoms with Crippen molar-refractivity contribution in [2.45, 2.75) is 33.1 Å². The molecule has 0 fully saturated rings. The van der Waals surface area contributed by atoms with Gasteiger partial charge in [0, 0.05) is 6.42 Å². The van der Waals surface area contributed by atoms with Crippen LogP contribution in [0.15, 0.2) is 23.3 Å². The smallest absolute Gasteiger partial charge is 0.240 e. The summed E-state index contributed by atoms with van der Waals surface area (Å²) in [6.07, 6.45) is 2.35. The van der Waals surface area contributed by atoms with Crippen LogP contribution >= 0.6 is 23.2 Å². The highest BCUT2D eigenvalue weighted by atomic mass is 35.5. The fourth-order valence-electron chi connectivity index (χ4n) is 1.33. The number of carbonyl (C=O) groups excluding carboxylic acids is 1. The van der Waals surface area contributed by atoms with E-state index in [0.29, 0.717) is 22.2 Å². The summed E-state index contributed by atoms with van der Waals surface area (Å²) < 4.78 is 0. The zero-order valence-electron chi connectivity index (χ0n) is 10.5. The third-order valence-electron chi connectivity index (χ3n) is 2.44. The van der Waals surface area contributed by atoms with Gasteiger partial charge in [-0.05, 0) is 31.0 Å². The number of hydrogen-bond donors (Lipinski definition) is 1. The van der Waals surface area contributed by atoms with Gasteiger partial charge >= 0.3 is 0 Å². The molecule has 0 aromatic heterocycles. The molecule has 0 radical (unpaired) electrons. The Kier molecular flexibility index (Phi) is 6.16. The van der Waals surface area contributed by atoms with Gasteiger partial charge in [0.2, 0.25) is 5.91 Å². The Morgan fingerprint density at radius 3 is 2.67 bits per heavy atom. The van der Waals surface area contributed by atoms with E-state index in [0.717, 1.165) is 18.4 Å². The van der Waals surface area contributed by atoms with Gasteiger partial charge in [0.1, 0.15) is 0 Å². The van der Waals surface area contributed by atoms with E-state index in [1.807, 2.05) is 13.0 Å². The lowest BCUT2D eigenvalue weighted by molar-refractivity contribution is -0.121. The summed E-state index contributed by atoms with van der Waals surface area (Å²) in [5.41, 5.74) is 4.05. The molecule has 1 rings (SSSR count). The molecule has 1 aromatic carbocycles. The van der Waals surface area contributed by atoms with Gasteiger partial charge in [0.15, 0.2) is 0 Å². The van der Waals surface area contributed by atoms with Crippen LogP contribution in [0.3, 0.4) is 0 Å². The topological polar surface area (TPSA) is 41.5 Å². The van der Waals surface area contributed by atoms with Crippen LogP contribution in [0.5, 0.6) is 0 Å². The first-order chi connectivity index (χ1) is 8.54. The van der Waals surface area contributed by atoms with E-state index >= 15 is 0 Å². The highest BCUT2D eigenvalue weighted by Crippen LogP contribution is 2.22. The maximum absolute atomic E-state index is 11.4. The fourth-order valence-corrected chi connectivity index (χ4v) is 1.62. The van der Waals surface area contributed by atoms with Gasteiger partial charge in [-0.2, -0.15) is 5.10 Å². The molecule has 0 saturated carbocycles. The molecule has 0 bridgehead atoms. The number of benzene rings is 1. The molecule has 0 unspecified atom stereocenters. The van der Waals surface area contributed by atoms with E-state index in [9.17, 15) is 4.79 Å². The summed E-state index contributed by atoms with van der Waals surface area (Å²) in [5.74, 6) is -0.0729. The lowest BCUT2D eigenvalue weighted by Crippen LogP contribution is -2.18. The van der Waals surface area contributed by atoms with Crippen molar-refractivity contribution in [2.75, 3.05) is 0 Å². The highest BCUT2D eigenvalue weighted by Gasteiger charge is 2.03. The fraction of sp³-hybridized carbons (Fsp3) is 0.385. The number of halogens is 2. The summed E-state index contributed by atoms with van der Waals surface area (Å²) in [5, 5.41) is 5.01. The normalized spacial score (nSPS) is 11.4. The number of hydrogen-bond acceptors (Lipinski definition) is 2. The van der Waals surface area contributed by atoms with Gasteiger partial charge in [-0.15, -0.1) is 0 Å². The molecule has 0 aliphatic carbocycles. The van der Waals surface area contributed by atoms with Gasteiger partial charge < -0.3 is 0 Å². The van der Waals surface area contributed by atoms with Crippen molar-refractivity contribution in [1.29, 1.82) is 0 Å². The Bertz CT molecular complexity index is 458.